The van der Waals surface area contributed by atoms with Crippen molar-refractivity contribution in [3.8, 4) is 0 Å². The van der Waals surface area contributed by atoms with E-state index in [1.807, 2.05) is 29.6 Å². The maximum absolute atomic E-state index is 12.3. The van der Waals surface area contributed by atoms with Crippen LogP contribution in [0.25, 0.3) is 0 Å². The maximum Gasteiger partial charge on any atom is 0.312 e. The highest BCUT2D eigenvalue weighted by Crippen LogP contribution is 2.22. The Morgan fingerprint density at radius 3 is 2.31 bits per heavy atom. The van der Waals surface area contributed by atoms with E-state index >= 15 is 0 Å². The Hall–Kier alpha value is -2.38. The van der Waals surface area contributed by atoms with E-state index in [-0.39, 0.29) is 18.4 Å². The highest BCUT2D eigenvalue weighted by molar-refractivity contribution is 7.10. The summed E-state index contributed by atoms with van der Waals surface area (Å²) >= 11 is 1.46. The molecule has 26 heavy (non-hydrogen) atoms. The number of hydrogen-bond acceptors (Lipinski definition) is 4. The summed E-state index contributed by atoms with van der Waals surface area (Å²) in [5, 5.41) is 7.33. The number of rotatable bonds is 8. The molecule has 0 aliphatic carbocycles. The van der Waals surface area contributed by atoms with Gasteiger partial charge in [0.25, 0.3) is 0 Å². The minimum atomic E-state index is -0.654. The third kappa shape index (κ3) is 5.86. The van der Waals surface area contributed by atoms with Gasteiger partial charge in [0.1, 0.15) is 0 Å². The van der Waals surface area contributed by atoms with Crippen molar-refractivity contribution in [2.75, 3.05) is 6.54 Å². The van der Waals surface area contributed by atoms with E-state index in [4.69, 9.17) is 11.5 Å². The standard InChI is InChI=1S/C19H26N4O2S/c1-12(2)13-5-7-14(8-6-13)15(20)11-22-18(24)10-16(23-19(21)25)17-4-3-9-26-17/h3-9,12,15-16H,10-11,20H2,1-2H3,(H,22,24)(H3,21,23,25). The average molecular weight is 375 g/mol. The smallest absolute Gasteiger partial charge is 0.312 e. The first-order chi connectivity index (χ1) is 12.4. The van der Waals surface area contributed by atoms with Gasteiger partial charge in [-0.25, -0.2) is 4.79 Å². The van der Waals surface area contributed by atoms with Crippen LogP contribution in [0.4, 0.5) is 4.79 Å². The van der Waals surface area contributed by atoms with Gasteiger partial charge in [-0.3, -0.25) is 4.79 Å². The molecule has 0 bridgehead atoms. The number of amides is 3. The fourth-order valence-corrected chi connectivity index (χ4v) is 3.39. The Morgan fingerprint density at radius 1 is 1.12 bits per heavy atom. The van der Waals surface area contributed by atoms with E-state index in [0.29, 0.717) is 12.5 Å². The quantitative estimate of drug-likeness (QED) is 0.570. The highest BCUT2D eigenvalue weighted by atomic mass is 32.1. The van der Waals surface area contributed by atoms with Gasteiger partial charge < -0.3 is 22.1 Å². The second-order valence-corrected chi connectivity index (χ2v) is 7.49. The number of carbonyl (C=O) groups excluding carboxylic acids is 2. The molecular formula is C19H26N4O2S. The second-order valence-electron chi connectivity index (χ2n) is 6.51. The average Bonchev–Trinajstić information content (AvgIpc) is 3.13. The van der Waals surface area contributed by atoms with Gasteiger partial charge in [0.15, 0.2) is 0 Å². The van der Waals surface area contributed by atoms with Crippen LogP contribution in [-0.2, 0) is 4.79 Å². The molecule has 6 nitrogen and oxygen atoms in total. The number of hydrogen-bond donors (Lipinski definition) is 4. The van der Waals surface area contributed by atoms with Crippen molar-refractivity contribution in [2.24, 2.45) is 11.5 Å². The molecule has 0 radical (unpaired) electrons. The second kappa shape index (κ2) is 9.35. The van der Waals surface area contributed by atoms with E-state index in [9.17, 15) is 9.59 Å². The van der Waals surface area contributed by atoms with E-state index in [1.54, 1.807) is 0 Å². The lowest BCUT2D eigenvalue weighted by Gasteiger charge is -2.18. The van der Waals surface area contributed by atoms with Crippen LogP contribution < -0.4 is 22.1 Å². The zero-order valence-corrected chi connectivity index (χ0v) is 15.9. The van der Waals surface area contributed by atoms with Gasteiger partial charge in [-0.2, -0.15) is 0 Å². The molecule has 2 unspecified atom stereocenters. The molecule has 0 aliphatic rings. The van der Waals surface area contributed by atoms with Gasteiger partial charge >= 0.3 is 6.03 Å². The predicted octanol–water partition coefficient (Wildman–Crippen LogP) is 2.79. The van der Waals surface area contributed by atoms with Crippen LogP contribution in [0.15, 0.2) is 41.8 Å². The highest BCUT2D eigenvalue weighted by Gasteiger charge is 2.19. The fourth-order valence-electron chi connectivity index (χ4n) is 2.61. The van der Waals surface area contributed by atoms with Crippen molar-refractivity contribution in [3.05, 3.63) is 57.8 Å². The Kier molecular flexibility index (Phi) is 7.17. The molecule has 1 aromatic heterocycles. The molecule has 2 atom stereocenters. The van der Waals surface area contributed by atoms with Crippen molar-refractivity contribution in [2.45, 2.75) is 38.3 Å². The summed E-state index contributed by atoms with van der Waals surface area (Å²) in [5.74, 6) is 0.276. The SMILES string of the molecule is CC(C)c1ccc(C(N)CNC(=O)CC(NC(N)=O)c2cccs2)cc1. The van der Waals surface area contributed by atoms with Gasteiger partial charge in [0.2, 0.25) is 5.91 Å². The summed E-state index contributed by atoms with van der Waals surface area (Å²) in [5.41, 5.74) is 13.6. The van der Waals surface area contributed by atoms with Crippen molar-refractivity contribution >= 4 is 23.3 Å². The van der Waals surface area contributed by atoms with Crippen LogP contribution >= 0.6 is 11.3 Å². The molecule has 6 N–H and O–H groups in total. The maximum atomic E-state index is 12.3. The van der Waals surface area contributed by atoms with Gasteiger partial charge in [0.05, 0.1) is 12.5 Å². The molecule has 3 amide bonds. The predicted molar refractivity (Wildman–Crippen MR) is 105 cm³/mol. The van der Waals surface area contributed by atoms with Crippen LogP contribution in [0.5, 0.6) is 0 Å². The summed E-state index contributed by atoms with van der Waals surface area (Å²) in [6.45, 7) is 4.60. The first-order valence-corrected chi connectivity index (χ1v) is 9.46. The molecule has 1 heterocycles. The van der Waals surface area contributed by atoms with E-state index in [2.05, 4.69) is 36.6 Å². The van der Waals surface area contributed by atoms with Crippen LogP contribution in [0.2, 0.25) is 0 Å². The van der Waals surface area contributed by atoms with Crippen LogP contribution in [0.1, 0.15) is 54.3 Å². The molecule has 0 saturated heterocycles. The zero-order valence-electron chi connectivity index (χ0n) is 15.1. The van der Waals surface area contributed by atoms with Gasteiger partial charge in [-0.15, -0.1) is 11.3 Å². The Morgan fingerprint density at radius 2 is 1.77 bits per heavy atom. The Balaban J connectivity index is 1.89. The molecule has 2 aromatic rings. The third-order valence-electron chi connectivity index (χ3n) is 4.14. The normalized spacial score (nSPS) is 13.2. The third-order valence-corrected chi connectivity index (χ3v) is 5.13. The van der Waals surface area contributed by atoms with Crippen molar-refractivity contribution in [1.29, 1.82) is 0 Å². The molecule has 0 aliphatic heterocycles. The number of benzene rings is 1. The van der Waals surface area contributed by atoms with Crippen LogP contribution in [0.3, 0.4) is 0 Å². The summed E-state index contributed by atoms with van der Waals surface area (Å²) in [6, 6.07) is 10.5. The lowest BCUT2D eigenvalue weighted by Crippen LogP contribution is -2.38. The Bertz CT molecular complexity index is 714. The molecule has 2 rings (SSSR count). The first kappa shape index (κ1) is 19.9. The van der Waals surface area contributed by atoms with Crippen molar-refractivity contribution < 1.29 is 9.59 Å². The lowest BCUT2D eigenvalue weighted by atomic mass is 9.99. The van der Waals surface area contributed by atoms with Crippen LogP contribution in [0, 0.1) is 0 Å². The zero-order chi connectivity index (χ0) is 19.1. The summed E-state index contributed by atoms with van der Waals surface area (Å²) < 4.78 is 0. The van der Waals surface area contributed by atoms with Crippen LogP contribution in [-0.4, -0.2) is 18.5 Å². The molecule has 7 heteroatoms. The molecule has 0 saturated carbocycles. The minimum absolute atomic E-state index is 0.114. The van der Waals surface area contributed by atoms with E-state index in [1.165, 1.54) is 16.9 Å². The first-order valence-electron chi connectivity index (χ1n) is 8.58. The number of nitrogens with two attached hydrogens (primary N) is 2. The number of urea groups is 1. The largest absolute Gasteiger partial charge is 0.354 e. The molecule has 0 spiro atoms. The van der Waals surface area contributed by atoms with Gasteiger partial charge in [-0.05, 0) is 28.5 Å². The molecule has 0 fully saturated rings. The van der Waals surface area contributed by atoms with Crippen molar-refractivity contribution in [1.82, 2.24) is 10.6 Å². The number of primary amides is 1. The summed E-state index contributed by atoms with van der Waals surface area (Å²) in [7, 11) is 0. The van der Waals surface area contributed by atoms with E-state index in [0.717, 1.165) is 10.4 Å². The molecule has 1 aromatic carbocycles. The van der Waals surface area contributed by atoms with Gasteiger partial charge in [-0.1, -0.05) is 44.2 Å². The summed E-state index contributed by atoms with van der Waals surface area (Å²) in [6.07, 6.45) is 0.114. The lowest BCUT2D eigenvalue weighted by molar-refractivity contribution is -0.121. The minimum Gasteiger partial charge on any atom is -0.354 e. The topological polar surface area (TPSA) is 110 Å². The summed E-state index contributed by atoms with van der Waals surface area (Å²) in [4.78, 5) is 24.3. The molecular weight excluding hydrogens is 348 g/mol. The molecule has 140 valence electrons. The Labute approximate surface area is 158 Å². The fraction of sp³-hybridized carbons (Fsp3) is 0.368. The van der Waals surface area contributed by atoms with Gasteiger partial charge in [0, 0.05) is 17.5 Å². The number of thiophene rings is 1. The number of carbonyl (C=O) groups is 2. The monoisotopic (exact) mass is 374 g/mol. The van der Waals surface area contributed by atoms with E-state index < -0.39 is 12.1 Å². The van der Waals surface area contributed by atoms with Crippen molar-refractivity contribution in [3.63, 3.8) is 0 Å². The number of nitrogens with one attached hydrogen (secondary N) is 2.